The molecule has 35 heavy (non-hydrogen) atoms. The Bertz CT molecular complexity index is 1400. The Hall–Kier alpha value is -3.99. The lowest BCUT2D eigenvalue weighted by atomic mass is 10.1. The zero-order valence-electron chi connectivity index (χ0n) is 19.7. The van der Waals surface area contributed by atoms with E-state index in [4.69, 9.17) is 14.5 Å². The first-order chi connectivity index (χ1) is 17.0. The van der Waals surface area contributed by atoms with Gasteiger partial charge < -0.3 is 14.8 Å². The number of para-hydroxylation sites is 1. The lowest BCUT2D eigenvalue weighted by Gasteiger charge is -2.14. The molecule has 0 saturated heterocycles. The van der Waals surface area contributed by atoms with Crippen LogP contribution in [0.15, 0.2) is 47.9 Å². The maximum absolute atomic E-state index is 12.8. The topological polar surface area (TPSA) is 121 Å². The number of carbonyl (C=O) groups is 2. The second-order valence-corrected chi connectivity index (χ2v) is 8.09. The Labute approximate surface area is 206 Å². The molecular weight excluding hydrogens is 468 g/mol. The fourth-order valence-corrected chi connectivity index (χ4v) is 3.81. The van der Waals surface area contributed by atoms with Crippen molar-refractivity contribution in [2.75, 3.05) is 24.8 Å². The van der Waals surface area contributed by atoms with Crippen LogP contribution in [0.2, 0.25) is 0 Å². The molecule has 0 spiro atoms. The van der Waals surface area contributed by atoms with Gasteiger partial charge in [-0.1, -0.05) is 30.0 Å². The van der Waals surface area contributed by atoms with Gasteiger partial charge in [-0.05, 0) is 44.7 Å². The standard InChI is InChI=1S/C24H24N6O4S/c1-5-33-22(31)16-12-25-24(35-4)29-20(16)28-21-17(23(32)34-6-2)13-26-30(21)19-11-14(3)15-9-7-8-10-18(15)27-19/h7-13H,5-6H2,1-4H3,(H,25,28,29). The predicted octanol–water partition coefficient (Wildman–Crippen LogP) is 4.34. The number of carbonyl (C=O) groups excluding carboxylic acids is 2. The number of hydrogen-bond donors (Lipinski definition) is 1. The van der Waals surface area contributed by atoms with Crippen molar-refractivity contribution in [3.63, 3.8) is 0 Å². The van der Waals surface area contributed by atoms with Crippen LogP contribution in [0.4, 0.5) is 11.6 Å². The highest BCUT2D eigenvalue weighted by Gasteiger charge is 2.24. The molecule has 0 amide bonds. The maximum atomic E-state index is 12.8. The van der Waals surface area contributed by atoms with Crippen molar-refractivity contribution in [1.82, 2.24) is 24.7 Å². The van der Waals surface area contributed by atoms with E-state index in [0.29, 0.717) is 11.0 Å². The van der Waals surface area contributed by atoms with E-state index in [1.54, 1.807) is 13.8 Å². The second kappa shape index (κ2) is 10.5. The minimum atomic E-state index is -0.592. The first-order valence-electron chi connectivity index (χ1n) is 10.9. The van der Waals surface area contributed by atoms with Gasteiger partial charge in [0.05, 0.1) is 24.9 Å². The molecule has 0 fully saturated rings. The van der Waals surface area contributed by atoms with Crippen LogP contribution in [0, 0.1) is 6.92 Å². The average Bonchev–Trinajstić information content (AvgIpc) is 3.27. The molecule has 11 heteroatoms. The van der Waals surface area contributed by atoms with Crippen molar-refractivity contribution in [2.45, 2.75) is 25.9 Å². The van der Waals surface area contributed by atoms with Crippen LogP contribution in [0.1, 0.15) is 40.1 Å². The number of ether oxygens (including phenoxy) is 2. The number of fused-ring (bicyclic) bond motifs is 1. The van der Waals surface area contributed by atoms with E-state index in [0.717, 1.165) is 16.5 Å². The number of aryl methyl sites for hydroxylation is 1. The van der Waals surface area contributed by atoms with Gasteiger partial charge in [-0.15, -0.1) is 0 Å². The molecule has 180 valence electrons. The third-order valence-electron chi connectivity index (χ3n) is 5.07. The third kappa shape index (κ3) is 4.94. The monoisotopic (exact) mass is 492 g/mol. The van der Waals surface area contributed by atoms with Gasteiger partial charge in [0.1, 0.15) is 11.1 Å². The molecule has 0 aliphatic rings. The van der Waals surface area contributed by atoms with Gasteiger partial charge in [-0.2, -0.15) is 9.78 Å². The Morgan fingerprint density at radius 1 is 1.03 bits per heavy atom. The summed E-state index contributed by atoms with van der Waals surface area (Å²) in [6.07, 6.45) is 4.61. The van der Waals surface area contributed by atoms with Gasteiger partial charge in [0.2, 0.25) is 0 Å². The number of nitrogens with one attached hydrogen (secondary N) is 1. The zero-order chi connectivity index (χ0) is 24.9. The highest BCUT2D eigenvalue weighted by Crippen LogP contribution is 2.28. The molecule has 0 aliphatic carbocycles. The van der Waals surface area contributed by atoms with E-state index in [-0.39, 0.29) is 36.0 Å². The summed E-state index contributed by atoms with van der Waals surface area (Å²) < 4.78 is 11.9. The Morgan fingerprint density at radius 3 is 2.46 bits per heavy atom. The summed E-state index contributed by atoms with van der Waals surface area (Å²) in [4.78, 5) is 38.7. The molecule has 10 nitrogen and oxygen atoms in total. The number of aromatic nitrogens is 5. The van der Waals surface area contributed by atoms with Crippen molar-refractivity contribution in [3.8, 4) is 5.82 Å². The molecule has 0 atom stereocenters. The van der Waals surface area contributed by atoms with Crippen LogP contribution in [0.3, 0.4) is 0 Å². The first-order valence-corrected chi connectivity index (χ1v) is 12.2. The maximum Gasteiger partial charge on any atom is 0.343 e. The van der Waals surface area contributed by atoms with E-state index in [1.165, 1.54) is 28.8 Å². The number of nitrogens with zero attached hydrogens (tertiary/aromatic N) is 5. The van der Waals surface area contributed by atoms with Crippen molar-refractivity contribution in [2.24, 2.45) is 0 Å². The molecule has 0 bridgehead atoms. The van der Waals surface area contributed by atoms with Crippen LogP contribution in [0.25, 0.3) is 16.7 Å². The lowest BCUT2D eigenvalue weighted by molar-refractivity contribution is 0.0518. The highest BCUT2D eigenvalue weighted by atomic mass is 32.2. The average molecular weight is 493 g/mol. The summed E-state index contributed by atoms with van der Waals surface area (Å²) in [6.45, 7) is 5.79. The summed E-state index contributed by atoms with van der Waals surface area (Å²) in [7, 11) is 0. The van der Waals surface area contributed by atoms with Crippen LogP contribution in [-0.4, -0.2) is 56.1 Å². The van der Waals surface area contributed by atoms with Gasteiger partial charge in [-0.25, -0.2) is 24.5 Å². The van der Waals surface area contributed by atoms with E-state index < -0.39 is 11.9 Å². The van der Waals surface area contributed by atoms with Crippen molar-refractivity contribution < 1.29 is 19.1 Å². The third-order valence-corrected chi connectivity index (χ3v) is 5.63. The fourth-order valence-electron chi connectivity index (χ4n) is 3.47. The summed E-state index contributed by atoms with van der Waals surface area (Å²) in [5, 5.41) is 8.96. The quantitative estimate of drug-likeness (QED) is 0.216. The molecule has 0 radical (unpaired) electrons. The molecule has 3 heterocycles. The van der Waals surface area contributed by atoms with E-state index in [9.17, 15) is 9.59 Å². The number of hydrogen-bond acceptors (Lipinski definition) is 10. The summed E-state index contributed by atoms with van der Waals surface area (Å²) >= 11 is 1.31. The molecule has 3 aromatic heterocycles. The van der Waals surface area contributed by atoms with E-state index in [2.05, 4.69) is 20.4 Å². The molecule has 0 saturated carbocycles. The van der Waals surface area contributed by atoms with Gasteiger partial charge in [0.25, 0.3) is 0 Å². The molecule has 1 N–H and O–H groups in total. The van der Waals surface area contributed by atoms with Gasteiger partial charge >= 0.3 is 11.9 Å². The van der Waals surface area contributed by atoms with E-state index >= 15 is 0 Å². The first kappa shape index (κ1) is 24.1. The number of benzene rings is 1. The van der Waals surface area contributed by atoms with Crippen LogP contribution >= 0.6 is 11.8 Å². The summed E-state index contributed by atoms with van der Waals surface area (Å²) in [5.41, 5.74) is 2.05. The van der Waals surface area contributed by atoms with Crippen LogP contribution in [0.5, 0.6) is 0 Å². The minimum Gasteiger partial charge on any atom is -0.462 e. The van der Waals surface area contributed by atoms with Crippen LogP contribution in [-0.2, 0) is 9.47 Å². The molecule has 4 aromatic rings. The number of thioether (sulfide) groups is 1. The second-order valence-electron chi connectivity index (χ2n) is 7.32. The van der Waals surface area contributed by atoms with Crippen molar-refractivity contribution in [1.29, 1.82) is 0 Å². The number of pyridine rings is 1. The Morgan fingerprint density at radius 2 is 1.74 bits per heavy atom. The van der Waals surface area contributed by atoms with Crippen molar-refractivity contribution in [3.05, 3.63) is 59.4 Å². The summed E-state index contributed by atoms with van der Waals surface area (Å²) in [5.74, 6) is -0.257. The normalized spacial score (nSPS) is 10.9. The number of esters is 2. The smallest absolute Gasteiger partial charge is 0.343 e. The molecule has 0 unspecified atom stereocenters. The zero-order valence-corrected chi connectivity index (χ0v) is 20.5. The molecule has 4 rings (SSSR count). The largest absolute Gasteiger partial charge is 0.462 e. The summed E-state index contributed by atoms with van der Waals surface area (Å²) in [6, 6.07) is 9.62. The lowest BCUT2D eigenvalue weighted by Crippen LogP contribution is -2.15. The molecule has 1 aromatic carbocycles. The Balaban J connectivity index is 1.88. The van der Waals surface area contributed by atoms with Gasteiger partial charge in [0.15, 0.2) is 22.6 Å². The molecule has 0 aliphatic heterocycles. The van der Waals surface area contributed by atoms with Crippen molar-refractivity contribution >= 4 is 46.2 Å². The van der Waals surface area contributed by atoms with Crippen LogP contribution < -0.4 is 5.32 Å². The minimum absolute atomic E-state index is 0.120. The highest BCUT2D eigenvalue weighted by molar-refractivity contribution is 7.98. The van der Waals surface area contributed by atoms with Gasteiger partial charge in [-0.3, -0.25) is 0 Å². The predicted molar refractivity (Wildman–Crippen MR) is 133 cm³/mol. The van der Waals surface area contributed by atoms with E-state index in [1.807, 2.05) is 43.5 Å². The molecular formula is C24H24N6O4S. The number of anilines is 2. The van der Waals surface area contributed by atoms with Gasteiger partial charge in [0, 0.05) is 11.6 Å². The SMILES string of the molecule is CCOC(=O)c1cnc(SC)nc1Nc1c(C(=O)OCC)cnn1-c1cc(C)c2ccccc2n1. The number of rotatable bonds is 8. The fraction of sp³-hybridized carbons (Fsp3) is 0.250. The Kier molecular flexibility index (Phi) is 7.25.